The van der Waals surface area contributed by atoms with E-state index in [1.807, 2.05) is 11.8 Å². The van der Waals surface area contributed by atoms with Crippen LogP contribution in [0.2, 0.25) is 0 Å². The van der Waals surface area contributed by atoms with Gasteiger partial charge >= 0.3 is 0 Å². The molecule has 1 rings (SSSR count). The number of hydrogen-bond acceptors (Lipinski definition) is 3. The highest BCUT2D eigenvalue weighted by Gasteiger charge is 2.10. The SMILES string of the molecule is CSCC(CN)c1ccc(Br)s1. The lowest BCUT2D eigenvalue weighted by Crippen LogP contribution is -2.13. The third-order valence-electron chi connectivity index (χ3n) is 1.65. The minimum atomic E-state index is 0.524. The molecule has 0 saturated carbocycles. The molecule has 0 aromatic carbocycles. The Labute approximate surface area is 89.9 Å². The van der Waals surface area contributed by atoms with Crippen LogP contribution in [-0.2, 0) is 0 Å². The fourth-order valence-electron chi connectivity index (χ4n) is 1.02. The number of rotatable bonds is 4. The highest BCUT2D eigenvalue weighted by molar-refractivity contribution is 9.11. The van der Waals surface area contributed by atoms with E-state index in [0.717, 1.165) is 12.3 Å². The van der Waals surface area contributed by atoms with Gasteiger partial charge in [-0.2, -0.15) is 11.8 Å². The summed E-state index contributed by atoms with van der Waals surface area (Å²) in [5, 5.41) is 0. The zero-order valence-electron chi connectivity index (χ0n) is 6.92. The molecule has 0 radical (unpaired) electrons. The van der Waals surface area contributed by atoms with Crippen molar-refractivity contribution in [3.63, 3.8) is 0 Å². The highest BCUT2D eigenvalue weighted by atomic mass is 79.9. The molecule has 0 amide bonds. The van der Waals surface area contributed by atoms with Crippen molar-refractivity contribution >= 4 is 39.0 Å². The minimum Gasteiger partial charge on any atom is -0.330 e. The smallest absolute Gasteiger partial charge is 0.0701 e. The molecular formula is C8H12BrNS2. The van der Waals surface area contributed by atoms with Crippen LogP contribution in [0.25, 0.3) is 0 Å². The van der Waals surface area contributed by atoms with E-state index in [1.54, 1.807) is 11.3 Å². The van der Waals surface area contributed by atoms with Gasteiger partial charge < -0.3 is 5.73 Å². The van der Waals surface area contributed by atoms with Crippen LogP contribution in [0.5, 0.6) is 0 Å². The summed E-state index contributed by atoms with van der Waals surface area (Å²) in [6.07, 6.45) is 2.12. The van der Waals surface area contributed by atoms with Crippen molar-refractivity contribution in [1.29, 1.82) is 0 Å². The van der Waals surface area contributed by atoms with Gasteiger partial charge in [0.1, 0.15) is 0 Å². The van der Waals surface area contributed by atoms with Crippen molar-refractivity contribution in [1.82, 2.24) is 0 Å². The van der Waals surface area contributed by atoms with Gasteiger partial charge in [-0.3, -0.25) is 0 Å². The Bertz CT molecular complexity index is 237. The molecule has 0 aliphatic carbocycles. The van der Waals surface area contributed by atoms with Gasteiger partial charge in [0.15, 0.2) is 0 Å². The molecule has 2 N–H and O–H groups in total. The fourth-order valence-corrected chi connectivity index (χ4v) is 3.38. The van der Waals surface area contributed by atoms with Crippen LogP contribution < -0.4 is 5.73 Å². The van der Waals surface area contributed by atoms with Crippen LogP contribution in [-0.4, -0.2) is 18.6 Å². The van der Waals surface area contributed by atoms with Gasteiger partial charge in [-0.25, -0.2) is 0 Å². The van der Waals surface area contributed by atoms with E-state index < -0.39 is 0 Å². The quantitative estimate of drug-likeness (QED) is 0.906. The summed E-state index contributed by atoms with van der Waals surface area (Å²) < 4.78 is 1.19. The molecule has 4 heteroatoms. The van der Waals surface area contributed by atoms with Crippen molar-refractivity contribution in [2.24, 2.45) is 5.73 Å². The van der Waals surface area contributed by atoms with E-state index in [9.17, 15) is 0 Å². The van der Waals surface area contributed by atoms with Gasteiger partial charge in [0.25, 0.3) is 0 Å². The predicted octanol–water partition coefficient (Wildman–Crippen LogP) is 2.92. The van der Waals surface area contributed by atoms with Gasteiger partial charge in [0, 0.05) is 23.1 Å². The molecule has 12 heavy (non-hydrogen) atoms. The summed E-state index contributed by atoms with van der Waals surface area (Å²) in [6, 6.07) is 4.24. The number of nitrogens with two attached hydrogens (primary N) is 1. The van der Waals surface area contributed by atoms with E-state index in [2.05, 4.69) is 34.3 Å². The monoisotopic (exact) mass is 265 g/mol. The molecule has 68 valence electrons. The molecule has 0 saturated heterocycles. The van der Waals surface area contributed by atoms with Crippen LogP contribution in [0, 0.1) is 0 Å². The van der Waals surface area contributed by atoms with Crippen molar-refractivity contribution in [2.75, 3.05) is 18.6 Å². The van der Waals surface area contributed by atoms with Crippen molar-refractivity contribution < 1.29 is 0 Å². The van der Waals surface area contributed by atoms with Crippen LogP contribution in [0.15, 0.2) is 15.9 Å². The maximum Gasteiger partial charge on any atom is 0.0701 e. The van der Waals surface area contributed by atoms with Crippen LogP contribution in [0.1, 0.15) is 10.8 Å². The first-order valence-corrected chi connectivity index (χ1v) is 6.72. The predicted molar refractivity (Wildman–Crippen MR) is 62.2 cm³/mol. The number of thioether (sulfide) groups is 1. The lowest BCUT2D eigenvalue weighted by atomic mass is 10.1. The van der Waals surface area contributed by atoms with E-state index in [1.165, 1.54) is 8.66 Å². The second-order valence-electron chi connectivity index (χ2n) is 2.53. The van der Waals surface area contributed by atoms with Crippen molar-refractivity contribution in [3.05, 3.63) is 20.8 Å². The third kappa shape index (κ3) is 2.76. The zero-order chi connectivity index (χ0) is 8.97. The second-order valence-corrected chi connectivity index (χ2v) is 5.94. The lowest BCUT2D eigenvalue weighted by Gasteiger charge is -2.09. The Morgan fingerprint density at radius 3 is 2.83 bits per heavy atom. The summed E-state index contributed by atoms with van der Waals surface area (Å²) >= 11 is 7.09. The highest BCUT2D eigenvalue weighted by Crippen LogP contribution is 2.29. The van der Waals surface area contributed by atoms with Crippen molar-refractivity contribution in [2.45, 2.75) is 5.92 Å². The molecule has 0 bridgehead atoms. The Morgan fingerprint density at radius 1 is 1.67 bits per heavy atom. The molecule has 0 aliphatic heterocycles. The third-order valence-corrected chi connectivity index (χ3v) is 4.17. The van der Waals surface area contributed by atoms with Gasteiger partial charge in [-0.1, -0.05) is 0 Å². The number of thiophene rings is 1. The molecule has 0 spiro atoms. The maximum atomic E-state index is 5.68. The number of hydrogen-bond donors (Lipinski definition) is 1. The fraction of sp³-hybridized carbons (Fsp3) is 0.500. The van der Waals surface area contributed by atoms with E-state index in [0.29, 0.717) is 5.92 Å². The topological polar surface area (TPSA) is 26.0 Å². The van der Waals surface area contributed by atoms with E-state index in [4.69, 9.17) is 5.73 Å². The first-order chi connectivity index (χ1) is 5.77. The summed E-state index contributed by atoms with van der Waals surface area (Å²) in [5.74, 6) is 1.64. The van der Waals surface area contributed by atoms with Gasteiger partial charge in [0.2, 0.25) is 0 Å². The average Bonchev–Trinajstić information content (AvgIpc) is 2.47. The Kier molecular flexibility index (Phi) is 4.64. The first kappa shape index (κ1) is 10.6. The largest absolute Gasteiger partial charge is 0.330 e. The second kappa shape index (κ2) is 5.27. The maximum absolute atomic E-state index is 5.68. The average molecular weight is 266 g/mol. The number of halogens is 1. The molecular weight excluding hydrogens is 254 g/mol. The minimum absolute atomic E-state index is 0.524. The molecule has 1 heterocycles. The zero-order valence-corrected chi connectivity index (χ0v) is 10.1. The van der Waals surface area contributed by atoms with Crippen molar-refractivity contribution in [3.8, 4) is 0 Å². The molecule has 1 atom stereocenters. The standard InChI is InChI=1S/C8H12BrNS2/c1-11-5-6(4-10)7-2-3-8(9)12-7/h2-3,6H,4-5,10H2,1H3. The van der Waals surface area contributed by atoms with Crippen LogP contribution >= 0.6 is 39.0 Å². The Morgan fingerprint density at radius 2 is 2.42 bits per heavy atom. The first-order valence-electron chi connectivity index (χ1n) is 3.72. The Balaban J connectivity index is 2.66. The normalized spacial score (nSPS) is 13.2. The van der Waals surface area contributed by atoms with Gasteiger partial charge in [0.05, 0.1) is 3.79 Å². The molecule has 0 fully saturated rings. The molecule has 1 nitrogen and oxygen atoms in total. The summed E-state index contributed by atoms with van der Waals surface area (Å²) in [6.45, 7) is 0.744. The lowest BCUT2D eigenvalue weighted by molar-refractivity contribution is 0.802. The summed E-state index contributed by atoms with van der Waals surface area (Å²) in [7, 11) is 0. The molecule has 1 unspecified atom stereocenters. The summed E-state index contributed by atoms with van der Waals surface area (Å²) in [4.78, 5) is 1.39. The molecule has 1 aromatic heterocycles. The van der Waals surface area contributed by atoms with Crippen LogP contribution in [0.4, 0.5) is 0 Å². The van der Waals surface area contributed by atoms with E-state index >= 15 is 0 Å². The van der Waals surface area contributed by atoms with Gasteiger partial charge in [-0.15, -0.1) is 11.3 Å². The molecule has 1 aromatic rings. The van der Waals surface area contributed by atoms with E-state index in [-0.39, 0.29) is 0 Å². The summed E-state index contributed by atoms with van der Waals surface area (Å²) in [5.41, 5.74) is 5.68. The Hall–Kier alpha value is 0.490. The van der Waals surface area contributed by atoms with Gasteiger partial charge in [-0.05, 0) is 34.3 Å². The van der Waals surface area contributed by atoms with Crippen LogP contribution in [0.3, 0.4) is 0 Å². The molecule has 0 aliphatic rings.